The SMILES string of the molecule is CN1CCCN(C)C(C(=O)Cc2ccc(Cl)s2)C1. The minimum Gasteiger partial charge on any atom is -0.304 e. The van der Waals surface area contributed by atoms with Crippen LogP contribution in [0.15, 0.2) is 12.1 Å². The first kappa shape index (κ1) is 14.0. The average Bonchev–Trinajstić information content (AvgIpc) is 2.62. The number of carbonyl (C=O) groups is 1. The van der Waals surface area contributed by atoms with E-state index in [0.29, 0.717) is 12.2 Å². The Balaban J connectivity index is 2.02. The van der Waals surface area contributed by atoms with E-state index in [4.69, 9.17) is 11.6 Å². The third kappa shape index (κ3) is 3.54. The summed E-state index contributed by atoms with van der Waals surface area (Å²) in [6, 6.07) is 3.82. The molecule has 0 bridgehead atoms. The first-order valence-corrected chi connectivity index (χ1v) is 7.41. The zero-order chi connectivity index (χ0) is 13.1. The smallest absolute Gasteiger partial charge is 0.156 e. The van der Waals surface area contributed by atoms with Crippen molar-refractivity contribution in [3.05, 3.63) is 21.3 Å². The normalized spacial score (nSPS) is 22.9. The van der Waals surface area contributed by atoms with E-state index >= 15 is 0 Å². The minimum atomic E-state index is 0.0124. The van der Waals surface area contributed by atoms with E-state index in [1.54, 1.807) is 0 Å². The van der Waals surface area contributed by atoms with Crippen LogP contribution in [0.1, 0.15) is 11.3 Å². The molecule has 1 aromatic heterocycles. The van der Waals surface area contributed by atoms with Gasteiger partial charge in [0.15, 0.2) is 5.78 Å². The Labute approximate surface area is 117 Å². The lowest BCUT2D eigenvalue weighted by atomic mass is 10.1. The molecule has 2 rings (SSSR count). The van der Waals surface area contributed by atoms with E-state index in [0.717, 1.165) is 35.3 Å². The third-order valence-electron chi connectivity index (χ3n) is 3.42. The molecule has 5 heteroatoms. The van der Waals surface area contributed by atoms with Crippen molar-refractivity contribution in [2.45, 2.75) is 18.9 Å². The lowest BCUT2D eigenvalue weighted by Gasteiger charge is -2.25. The highest BCUT2D eigenvalue weighted by molar-refractivity contribution is 7.16. The number of hydrogen-bond acceptors (Lipinski definition) is 4. The van der Waals surface area contributed by atoms with Crippen molar-refractivity contribution < 1.29 is 4.79 Å². The van der Waals surface area contributed by atoms with Crippen LogP contribution in [0.3, 0.4) is 0 Å². The van der Waals surface area contributed by atoms with Gasteiger partial charge in [-0.3, -0.25) is 9.69 Å². The van der Waals surface area contributed by atoms with Gasteiger partial charge in [0, 0.05) is 17.8 Å². The zero-order valence-corrected chi connectivity index (χ0v) is 12.4. The quantitative estimate of drug-likeness (QED) is 0.851. The number of carbonyl (C=O) groups excluding carboxylic acids is 1. The molecule has 1 saturated heterocycles. The largest absolute Gasteiger partial charge is 0.304 e. The van der Waals surface area contributed by atoms with Gasteiger partial charge in [0.1, 0.15) is 0 Å². The van der Waals surface area contributed by atoms with Crippen LogP contribution in [0.2, 0.25) is 4.34 Å². The van der Waals surface area contributed by atoms with Crippen molar-refractivity contribution in [2.24, 2.45) is 0 Å². The first-order valence-electron chi connectivity index (χ1n) is 6.22. The highest BCUT2D eigenvalue weighted by Crippen LogP contribution is 2.22. The molecule has 18 heavy (non-hydrogen) atoms. The fourth-order valence-electron chi connectivity index (χ4n) is 2.36. The molecule has 0 saturated carbocycles. The summed E-state index contributed by atoms with van der Waals surface area (Å²) in [7, 11) is 4.13. The number of rotatable bonds is 3. The molecule has 1 fully saturated rings. The van der Waals surface area contributed by atoms with Gasteiger partial charge in [-0.25, -0.2) is 0 Å². The van der Waals surface area contributed by atoms with Gasteiger partial charge in [-0.05, 0) is 45.7 Å². The van der Waals surface area contributed by atoms with Crippen LogP contribution in [-0.4, -0.2) is 55.4 Å². The van der Waals surface area contributed by atoms with Crippen LogP contribution in [0, 0.1) is 0 Å². The molecule has 1 atom stereocenters. The maximum atomic E-state index is 12.4. The summed E-state index contributed by atoms with van der Waals surface area (Å²) in [5.74, 6) is 0.296. The summed E-state index contributed by atoms with van der Waals surface area (Å²) in [5, 5.41) is 0. The molecule has 100 valence electrons. The molecule has 2 heterocycles. The Hall–Kier alpha value is -0.420. The van der Waals surface area contributed by atoms with E-state index < -0.39 is 0 Å². The van der Waals surface area contributed by atoms with Crippen LogP contribution in [0.25, 0.3) is 0 Å². The summed E-state index contributed by atoms with van der Waals surface area (Å²) in [6.45, 7) is 2.89. The van der Waals surface area contributed by atoms with Crippen molar-refractivity contribution in [1.29, 1.82) is 0 Å². The molecule has 0 spiro atoms. The Morgan fingerprint density at radius 3 is 2.89 bits per heavy atom. The number of nitrogens with zero attached hydrogens (tertiary/aromatic N) is 2. The molecule has 0 N–H and O–H groups in total. The Morgan fingerprint density at radius 2 is 2.22 bits per heavy atom. The number of halogens is 1. The second kappa shape index (κ2) is 6.15. The van der Waals surface area contributed by atoms with E-state index in [9.17, 15) is 4.79 Å². The van der Waals surface area contributed by atoms with Crippen LogP contribution < -0.4 is 0 Å². The maximum absolute atomic E-state index is 12.4. The third-order valence-corrected chi connectivity index (χ3v) is 4.65. The molecular weight excluding hydrogens is 268 g/mol. The number of Topliss-reactive ketones (excluding diaryl/α,β-unsaturated/α-hetero) is 1. The molecule has 0 aromatic carbocycles. The number of ketones is 1. The molecule has 1 unspecified atom stereocenters. The second-order valence-corrected chi connectivity index (χ2v) is 6.76. The molecule has 0 aliphatic carbocycles. The van der Waals surface area contributed by atoms with Gasteiger partial charge in [0.25, 0.3) is 0 Å². The van der Waals surface area contributed by atoms with Crippen LogP contribution in [0.5, 0.6) is 0 Å². The summed E-state index contributed by atoms with van der Waals surface area (Å²) in [4.78, 5) is 17.9. The van der Waals surface area contributed by atoms with Crippen LogP contribution in [0.4, 0.5) is 0 Å². The number of likely N-dealkylation sites (N-methyl/N-ethyl adjacent to an activating group) is 2. The van der Waals surface area contributed by atoms with Gasteiger partial charge >= 0.3 is 0 Å². The fourth-order valence-corrected chi connectivity index (χ4v) is 3.45. The second-order valence-electron chi connectivity index (χ2n) is 4.96. The average molecular weight is 287 g/mol. The van der Waals surface area contributed by atoms with E-state index in [1.807, 2.05) is 19.2 Å². The summed E-state index contributed by atoms with van der Waals surface area (Å²) >= 11 is 7.40. The summed E-state index contributed by atoms with van der Waals surface area (Å²) < 4.78 is 0.754. The highest BCUT2D eigenvalue weighted by Gasteiger charge is 2.26. The van der Waals surface area contributed by atoms with Gasteiger partial charge < -0.3 is 4.90 Å². The van der Waals surface area contributed by atoms with Crippen molar-refractivity contribution in [3.63, 3.8) is 0 Å². The molecule has 0 radical (unpaired) electrons. The predicted octanol–water partition coefficient (Wildman–Crippen LogP) is 2.15. The molecular formula is C13H19ClN2OS. The first-order chi connectivity index (χ1) is 8.56. The Kier molecular flexibility index (Phi) is 4.78. The van der Waals surface area contributed by atoms with Crippen LogP contribution >= 0.6 is 22.9 Å². The summed E-state index contributed by atoms with van der Waals surface area (Å²) in [5.41, 5.74) is 0. The van der Waals surface area contributed by atoms with Gasteiger partial charge in [-0.1, -0.05) is 11.6 Å². The van der Waals surface area contributed by atoms with Gasteiger partial charge in [0.05, 0.1) is 10.4 Å². The summed E-state index contributed by atoms with van der Waals surface area (Å²) in [6.07, 6.45) is 1.63. The minimum absolute atomic E-state index is 0.0124. The van der Waals surface area contributed by atoms with E-state index in [-0.39, 0.29) is 6.04 Å². The van der Waals surface area contributed by atoms with E-state index in [2.05, 4.69) is 16.8 Å². The van der Waals surface area contributed by atoms with Crippen molar-refractivity contribution >= 4 is 28.7 Å². The Bertz CT molecular complexity index is 421. The van der Waals surface area contributed by atoms with Crippen molar-refractivity contribution in [3.8, 4) is 0 Å². The molecule has 1 aromatic rings. The van der Waals surface area contributed by atoms with Gasteiger partial charge in [-0.15, -0.1) is 11.3 Å². The van der Waals surface area contributed by atoms with Gasteiger partial charge in [-0.2, -0.15) is 0 Å². The predicted molar refractivity (Wildman–Crippen MR) is 76.6 cm³/mol. The van der Waals surface area contributed by atoms with Gasteiger partial charge in [0.2, 0.25) is 0 Å². The lowest BCUT2D eigenvalue weighted by molar-refractivity contribution is -0.123. The molecule has 3 nitrogen and oxygen atoms in total. The topological polar surface area (TPSA) is 23.6 Å². The van der Waals surface area contributed by atoms with Crippen molar-refractivity contribution in [2.75, 3.05) is 33.7 Å². The molecule has 1 aliphatic rings. The highest BCUT2D eigenvalue weighted by atomic mass is 35.5. The Morgan fingerprint density at radius 1 is 1.44 bits per heavy atom. The zero-order valence-electron chi connectivity index (χ0n) is 10.9. The van der Waals surface area contributed by atoms with Crippen LogP contribution in [-0.2, 0) is 11.2 Å². The van der Waals surface area contributed by atoms with E-state index in [1.165, 1.54) is 11.3 Å². The lowest BCUT2D eigenvalue weighted by Crippen LogP contribution is -2.44. The number of hydrogen-bond donors (Lipinski definition) is 0. The standard InChI is InChI=1S/C13H19ClN2OS/c1-15-6-3-7-16(2)11(9-15)12(17)8-10-4-5-13(14)18-10/h4-5,11H,3,6-9H2,1-2H3. The molecule has 1 aliphatic heterocycles. The fraction of sp³-hybridized carbons (Fsp3) is 0.615. The van der Waals surface area contributed by atoms with Crippen molar-refractivity contribution in [1.82, 2.24) is 9.80 Å². The molecule has 0 amide bonds. The monoisotopic (exact) mass is 286 g/mol. The maximum Gasteiger partial charge on any atom is 0.156 e. The number of thiophene rings is 1.